The molecule has 6 heteroatoms. The zero-order chi connectivity index (χ0) is 17.9. The number of thiazole rings is 2. The average Bonchev–Trinajstić information content (AvgIpc) is 3.30. The maximum Gasteiger partial charge on any atom is 0.183 e. The summed E-state index contributed by atoms with van der Waals surface area (Å²) in [7, 11) is 0. The number of halogens is 1. The van der Waals surface area contributed by atoms with Crippen LogP contribution < -0.4 is 5.32 Å². The third-order valence-corrected chi connectivity index (χ3v) is 5.96. The molecule has 0 fully saturated rings. The molecule has 26 heavy (non-hydrogen) atoms. The molecule has 4 aromatic rings. The molecule has 3 nitrogen and oxygen atoms in total. The standard InChI is InChI=1S/C20H16ClN3S2/c1-13-5-7-14(8-6-13)18-12-25-19(24-18)15-3-2-4-16(9-15)22-10-17-11-23-20(21)26-17/h2-9,11-12,22H,10H2,1H3. The van der Waals surface area contributed by atoms with E-state index in [1.807, 2.05) is 6.07 Å². The van der Waals surface area contributed by atoms with Gasteiger partial charge in [-0.3, -0.25) is 0 Å². The van der Waals surface area contributed by atoms with Crippen molar-refractivity contribution >= 4 is 40.0 Å². The van der Waals surface area contributed by atoms with Gasteiger partial charge in [0.05, 0.1) is 12.2 Å². The number of nitrogens with zero attached hydrogens (tertiary/aromatic N) is 2. The fraction of sp³-hybridized carbons (Fsp3) is 0.100. The molecule has 4 rings (SSSR count). The number of nitrogens with one attached hydrogen (secondary N) is 1. The molecule has 0 radical (unpaired) electrons. The second-order valence-electron chi connectivity index (χ2n) is 5.92. The first-order valence-corrected chi connectivity index (χ1v) is 10.2. The molecule has 2 heterocycles. The van der Waals surface area contributed by atoms with E-state index < -0.39 is 0 Å². The third kappa shape index (κ3) is 3.96. The Morgan fingerprint density at radius 1 is 1.08 bits per heavy atom. The molecule has 0 aliphatic rings. The summed E-state index contributed by atoms with van der Waals surface area (Å²) in [5.41, 5.74) is 5.59. The van der Waals surface area contributed by atoms with Crippen molar-refractivity contribution in [3.63, 3.8) is 0 Å². The lowest BCUT2D eigenvalue weighted by Gasteiger charge is -2.06. The van der Waals surface area contributed by atoms with E-state index in [2.05, 4.69) is 65.1 Å². The zero-order valence-corrected chi connectivity index (χ0v) is 16.5. The Hall–Kier alpha value is -2.21. The van der Waals surface area contributed by atoms with E-state index in [-0.39, 0.29) is 0 Å². The lowest BCUT2D eigenvalue weighted by atomic mass is 10.1. The number of hydrogen-bond donors (Lipinski definition) is 1. The van der Waals surface area contributed by atoms with Crippen molar-refractivity contribution in [1.82, 2.24) is 9.97 Å². The monoisotopic (exact) mass is 397 g/mol. The Kier molecular flexibility index (Phi) is 5.02. The molecule has 130 valence electrons. The van der Waals surface area contributed by atoms with Crippen LogP contribution in [0.2, 0.25) is 4.47 Å². The molecule has 0 bridgehead atoms. The van der Waals surface area contributed by atoms with Crippen LogP contribution in [0.25, 0.3) is 21.8 Å². The van der Waals surface area contributed by atoms with E-state index in [1.54, 1.807) is 17.5 Å². The van der Waals surface area contributed by atoms with Crippen LogP contribution in [0.3, 0.4) is 0 Å². The molecule has 2 aromatic heterocycles. The topological polar surface area (TPSA) is 37.8 Å². The van der Waals surface area contributed by atoms with Gasteiger partial charge in [0, 0.05) is 33.3 Å². The Balaban J connectivity index is 1.52. The first-order chi connectivity index (χ1) is 12.7. The van der Waals surface area contributed by atoms with Gasteiger partial charge in [-0.05, 0) is 19.1 Å². The lowest BCUT2D eigenvalue weighted by molar-refractivity contribution is 1.17. The van der Waals surface area contributed by atoms with Crippen LogP contribution in [-0.2, 0) is 6.54 Å². The van der Waals surface area contributed by atoms with E-state index in [4.69, 9.17) is 16.6 Å². The van der Waals surface area contributed by atoms with E-state index in [1.165, 1.54) is 16.9 Å². The first kappa shape index (κ1) is 17.2. The van der Waals surface area contributed by atoms with Crippen LogP contribution in [0.15, 0.2) is 60.1 Å². The highest BCUT2D eigenvalue weighted by atomic mass is 35.5. The largest absolute Gasteiger partial charge is 0.380 e. The summed E-state index contributed by atoms with van der Waals surface area (Å²) in [6.07, 6.45) is 1.80. The van der Waals surface area contributed by atoms with Crippen LogP contribution in [0.5, 0.6) is 0 Å². The van der Waals surface area contributed by atoms with Gasteiger partial charge in [-0.2, -0.15) is 0 Å². The summed E-state index contributed by atoms with van der Waals surface area (Å²) < 4.78 is 0.571. The number of aromatic nitrogens is 2. The van der Waals surface area contributed by atoms with Crippen molar-refractivity contribution in [2.45, 2.75) is 13.5 Å². The summed E-state index contributed by atoms with van der Waals surface area (Å²) in [6, 6.07) is 16.8. The van der Waals surface area contributed by atoms with Gasteiger partial charge < -0.3 is 5.32 Å². The number of aryl methyl sites for hydroxylation is 1. The van der Waals surface area contributed by atoms with Gasteiger partial charge in [-0.1, -0.05) is 53.6 Å². The van der Waals surface area contributed by atoms with E-state index >= 15 is 0 Å². The van der Waals surface area contributed by atoms with Crippen LogP contribution in [0, 0.1) is 6.92 Å². The van der Waals surface area contributed by atoms with Crippen LogP contribution in [-0.4, -0.2) is 9.97 Å². The van der Waals surface area contributed by atoms with Crippen LogP contribution in [0.1, 0.15) is 10.4 Å². The van der Waals surface area contributed by atoms with Gasteiger partial charge in [0.15, 0.2) is 4.47 Å². The molecular formula is C20H16ClN3S2. The van der Waals surface area contributed by atoms with E-state index in [0.717, 1.165) is 32.4 Å². The number of benzene rings is 2. The quantitative estimate of drug-likeness (QED) is 0.417. The highest BCUT2D eigenvalue weighted by Crippen LogP contribution is 2.30. The number of anilines is 1. The molecule has 2 aromatic carbocycles. The van der Waals surface area contributed by atoms with Crippen molar-refractivity contribution < 1.29 is 0 Å². The van der Waals surface area contributed by atoms with Gasteiger partial charge in [0.25, 0.3) is 0 Å². The SMILES string of the molecule is Cc1ccc(-c2csc(-c3cccc(NCc4cnc(Cl)s4)c3)n2)cc1. The van der Waals surface area contributed by atoms with Crippen LogP contribution >= 0.6 is 34.3 Å². The van der Waals surface area contributed by atoms with Gasteiger partial charge >= 0.3 is 0 Å². The molecule has 0 spiro atoms. The van der Waals surface area contributed by atoms with Gasteiger partial charge in [0.1, 0.15) is 5.01 Å². The molecule has 0 aliphatic heterocycles. The first-order valence-electron chi connectivity index (χ1n) is 8.14. The molecule has 0 saturated heterocycles. The Bertz CT molecular complexity index is 1020. The second kappa shape index (κ2) is 7.58. The average molecular weight is 398 g/mol. The predicted molar refractivity (Wildman–Crippen MR) is 112 cm³/mol. The fourth-order valence-corrected chi connectivity index (χ4v) is 4.32. The van der Waals surface area contributed by atoms with E-state index in [0.29, 0.717) is 11.0 Å². The van der Waals surface area contributed by atoms with Crippen molar-refractivity contribution in [3.05, 3.63) is 75.0 Å². The Labute approximate surface area is 165 Å². The zero-order valence-electron chi connectivity index (χ0n) is 14.1. The third-order valence-electron chi connectivity index (χ3n) is 3.95. The minimum Gasteiger partial charge on any atom is -0.380 e. The van der Waals surface area contributed by atoms with Crippen LogP contribution in [0.4, 0.5) is 5.69 Å². The number of hydrogen-bond acceptors (Lipinski definition) is 5. The minimum absolute atomic E-state index is 0.571. The second-order valence-corrected chi connectivity index (χ2v) is 8.47. The Morgan fingerprint density at radius 2 is 1.92 bits per heavy atom. The van der Waals surface area contributed by atoms with Crippen molar-refractivity contribution in [3.8, 4) is 21.8 Å². The maximum absolute atomic E-state index is 5.88. The lowest BCUT2D eigenvalue weighted by Crippen LogP contribution is -1.97. The summed E-state index contributed by atoms with van der Waals surface area (Å²) in [4.78, 5) is 9.98. The smallest absolute Gasteiger partial charge is 0.183 e. The molecule has 0 atom stereocenters. The van der Waals surface area contributed by atoms with Crippen molar-refractivity contribution in [2.24, 2.45) is 0 Å². The van der Waals surface area contributed by atoms with E-state index in [9.17, 15) is 0 Å². The summed E-state index contributed by atoms with van der Waals surface area (Å²) in [6.45, 7) is 2.80. The van der Waals surface area contributed by atoms with Gasteiger partial charge in [-0.15, -0.1) is 22.7 Å². The molecule has 0 aliphatic carbocycles. The van der Waals surface area contributed by atoms with Crippen molar-refractivity contribution in [1.29, 1.82) is 0 Å². The molecule has 0 unspecified atom stereocenters. The number of rotatable bonds is 5. The highest BCUT2D eigenvalue weighted by Gasteiger charge is 2.08. The van der Waals surface area contributed by atoms with Gasteiger partial charge in [-0.25, -0.2) is 9.97 Å². The maximum atomic E-state index is 5.88. The summed E-state index contributed by atoms with van der Waals surface area (Å²) in [5, 5.41) is 6.55. The minimum atomic E-state index is 0.571. The molecule has 0 saturated carbocycles. The Morgan fingerprint density at radius 3 is 2.69 bits per heavy atom. The molecular weight excluding hydrogens is 382 g/mol. The predicted octanol–water partition coefficient (Wildman–Crippen LogP) is 6.51. The molecule has 0 amide bonds. The normalized spacial score (nSPS) is 10.8. The molecule has 1 N–H and O–H groups in total. The van der Waals surface area contributed by atoms with Crippen molar-refractivity contribution in [2.75, 3.05) is 5.32 Å². The van der Waals surface area contributed by atoms with Gasteiger partial charge in [0.2, 0.25) is 0 Å². The summed E-state index contributed by atoms with van der Waals surface area (Å²) >= 11 is 9.04. The highest BCUT2D eigenvalue weighted by molar-refractivity contribution is 7.15. The fourth-order valence-electron chi connectivity index (χ4n) is 2.58. The summed E-state index contributed by atoms with van der Waals surface area (Å²) in [5.74, 6) is 0.